The standard InChI is InChI=1S/C19H27N3O3/c1-3-16(23)13-20-8-10-21(11-9-20)19(24)14-22-7-6-15-12-17(25-2)4-5-18(15)22/h4-7,12,16,23H,3,8-11,13-14H2,1-2H3. The molecule has 6 heteroatoms. The second-order valence-electron chi connectivity index (χ2n) is 6.61. The second-order valence-corrected chi connectivity index (χ2v) is 6.61. The molecule has 1 aliphatic heterocycles. The third kappa shape index (κ3) is 4.14. The molecule has 0 radical (unpaired) electrons. The number of methoxy groups -OCH3 is 1. The van der Waals surface area contributed by atoms with E-state index < -0.39 is 0 Å². The molecule has 2 heterocycles. The van der Waals surface area contributed by atoms with E-state index >= 15 is 0 Å². The molecular formula is C19H27N3O3. The van der Waals surface area contributed by atoms with Gasteiger partial charge >= 0.3 is 0 Å². The summed E-state index contributed by atoms with van der Waals surface area (Å²) in [5.41, 5.74) is 1.04. The summed E-state index contributed by atoms with van der Waals surface area (Å²) < 4.78 is 7.24. The number of aliphatic hydroxyl groups is 1. The van der Waals surface area contributed by atoms with Crippen LogP contribution in [0.15, 0.2) is 30.5 Å². The molecule has 3 rings (SSSR count). The Balaban J connectivity index is 1.58. The molecule has 0 aliphatic carbocycles. The van der Waals surface area contributed by atoms with Crippen LogP contribution in [-0.4, -0.2) is 71.3 Å². The Morgan fingerprint density at radius 1 is 1.24 bits per heavy atom. The molecule has 1 unspecified atom stereocenters. The van der Waals surface area contributed by atoms with Gasteiger partial charge in [-0.25, -0.2) is 0 Å². The van der Waals surface area contributed by atoms with Crippen molar-refractivity contribution in [3.63, 3.8) is 0 Å². The molecule has 1 saturated heterocycles. The lowest BCUT2D eigenvalue weighted by molar-refractivity contribution is -0.133. The highest BCUT2D eigenvalue weighted by Crippen LogP contribution is 2.22. The van der Waals surface area contributed by atoms with Crippen LogP contribution in [0.5, 0.6) is 5.75 Å². The number of fused-ring (bicyclic) bond motifs is 1. The van der Waals surface area contributed by atoms with Gasteiger partial charge in [-0.2, -0.15) is 0 Å². The van der Waals surface area contributed by atoms with E-state index in [-0.39, 0.29) is 12.0 Å². The van der Waals surface area contributed by atoms with Crippen molar-refractivity contribution in [3.05, 3.63) is 30.5 Å². The first kappa shape index (κ1) is 17.8. The number of piperazine rings is 1. The number of aromatic nitrogens is 1. The van der Waals surface area contributed by atoms with Crippen LogP contribution in [0.2, 0.25) is 0 Å². The van der Waals surface area contributed by atoms with Crippen LogP contribution in [0, 0.1) is 0 Å². The summed E-state index contributed by atoms with van der Waals surface area (Å²) >= 11 is 0. The number of aliphatic hydroxyl groups excluding tert-OH is 1. The van der Waals surface area contributed by atoms with Crippen molar-refractivity contribution in [2.45, 2.75) is 26.0 Å². The number of carbonyl (C=O) groups is 1. The number of rotatable bonds is 6. The Kier molecular flexibility index (Phi) is 5.60. The largest absolute Gasteiger partial charge is 0.497 e. The molecule has 6 nitrogen and oxygen atoms in total. The van der Waals surface area contributed by atoms with Gasteiger partial charge < -0.3 is 19.3 Å². The predicted molar refractivity (Wildman–Crippen MR) is 97.8 cm³/mol. The van der Waals surface area contributed by atoms with Crippen LogP contribution < -0.4 is 4.74 Å². The third-order valence-corrected chi connectivity index (χ3v) is 4.95. The first-order valence-electron chi connectivity index (χ1n) is 8.91. The van der Waals surface area contributed by atoms with Gasteiger partial charge in [0.25, 0.3) is 0 Å². The Morgan fingerprint density at radius 2 is 2.00 bits per heavy atom. The van der Waals surface area contributed by atoms with Gasteiger partial charge in [-0.05, 0) is 30.7 Å². The molecule has 0 spiro atoms. The number of amides is 1. The summed E-state index contributed by atoms with van der Waals surface area (Å²) in [5, 5.41) is 10.8. The Labute approximate surface area is 148 Å². The number of benzene rings is 1. The molecule has 0 bridgehead atoms. The average molecular weight is 345 g/mol. The Hall–Kier alpha value is -2.05. The van der Waals surface area contributed by atoms with Crippen LogP contribution in [-0.2, 0) is 11.3 Å². The number of β-amino-alcohol motifs (C(OH)–C–C–N with tert-alkyl or cyclic N) is 1. The maximum absolute atomic E-state index is 12.6. The molecule has 136 valence electrons. The minimum atomic E-state index is -0.273. The van der Waals surface area contributed by atoms with Gasteiger partial charge in [0.15, 0.2) is 0 Å². The fraction of sp³-hybridized carbons (Fsp3) is 0.526. The minimum Gasteiger partial charge on any atom is -0.497 e. The topological polar surface area (TPSA) is 57.9 Å². The summed E-state index contributed by atoms with van der Waals surface area (Å²) in [4.78, 5) is 16.8. The van der Waals surface area contributed by atoms with Gasteiger partial charge in [0.2, 0.25) is 5.91 Å². The van der Waals surface area contributed by atoms with E-state index in [0.29, 0.717) is 13.1 Å². The average Bonchev–Trinajstić information content (AvgIpc) is 3.04. The number of hydrogen-bond acceptors (Lipinski definition) is 4. The lowest BCUT2D eigenvalue weighted by Crippen LogP contribution is -2.51. The minimum absolute atomic E-state index is 0.143. The van der Waals surface area contributed by atoms with Crippen LogP contribution in [0.25, 0.3) is 10.9 Å². The van der Waals surface area contributed by atoms with Crippen LogP contribution in [0.1, 0.15) is 13.3 Å². The zero-order valence-corrected chi connectivity index (χ0v) is 15.0. The predicted octanol–water partition coefficient (Wildman–Crippen LogP) is 1.56. The van der Waals surface area contributed by atoms with Crippen molar-refractivity contribution < 1.29 is 14.6 Å². The fourth-order valence-electron chi connectivity index (χ4n) is 3.30. The number of carbonyl (C=O) groups excluding carboxylic acids is 1. The first-order valence-corrected chi connectivity index (χ1v) is 8.91. The normalized spacial score (nSPS) is 17.0. The molecule has 1 aromatic carbocycles. The van der Waals surface area contributed by atoms with Gasteiger partial charge in [0, 0.05) is 49.8 Å². The Morgan fingerprint density at radius 3 is 2.68 bits per heavy atom. The summed E-state index contributed by atoms with van der Waals surface area (Å²) in [6.45, 7) is 6.14. The third-order valence-electron chi connectivity index (χ3n) is 4.95. The van der Waals surface area contributed by atoms with Crippen LogP contribution >= 0.6 is 0 Å². The van der Waals surface area contributed by atoms with E-state index in [9.17, 15) is 9.90 Å². The van der Waals surface area contributed by atoms with Crippen molar-refractivity contribution in [2.24, 2.45) is 0 Å². The van der Waals surface area contributed by atoms with E-state index in [2.05, 4.69) is 4.90 Å². The first-order chi connectivity index (χ1) is 12.1. The highest BCUT2D eigenvalue weighted by Gasteiger charge is 2.22. The van der Waals surface area contributed by atoms with E-state index in [1.165, 1.54) is 0 Å². The van der Waals surface area contributed by atoms with Crippen molar-refractivity contribution in [1.29, 1.82) is 0 Å². The van der Waals surface area contributed by atoms with Crippen LogP contribution in [0.4, 0.5) is 0 Å². The molecule has 1 amide bonds. The van der Waals surface area contributed by atoms with Gasteiger partial charge in [-0.3, -0.25) is 9.69 Å². The van der Waals surface area contributed by atoms with Gasteiger partial charge in [0.1, 0.15) is 12.3 Å². The molecule has 2 aromatic rings. The van der Waals surface area contributed by atoms with Crippen molar-refractivity contribution >= 4 is 16.8 Å². The van der Waals surface area contributed by atoms with Gasteiger partial charge in [-0.1, -0.05) is 6.92 Å². The van der Waals surface area contributed by atoms with Crippen molar-refractivity contribution in [3.8, 4) is 5.75 Å². The summed E-state index contributed by atoms with van der Waals surface area (Å²) in [6, 6.07) is 7.90. The number of hydrogen-bond donors (Lipinski definition) is 1. The molecule has 1 atom stereocenters. The lowest BCUT2D eigenvalue weighted by atomic mass is 10.2. The Bertz CT molecular complexity index is 720. The van der Waals surface area contributed by atoms with E-state index in [4.69, 9.17) is 4.74 Å². The molecule has 1 fully saturated rings. The van der Waals surface area contributed by atoms with Crippen molar-refractivity contribution in [1.82, 2.24) is 14.4 Å². The highest BCUT2D eigenvalue weighted by molar-refractivity contribution is 5.84. The molecular weight excluding hydrogens is 318 g/mol. The smallest absolute Gasteiger partial charge is 0.242 e. The van der Waals surface area contributed by atoms with Gasteiger partial charge in [0.05, 0.1) is 13.2 Å². The summed E-state index contributed by atoms with van der Waals surface area (Å²) in [7, 11) is 1.65. The van der Waals surface area contributed by atoms with E-state index in [0.717, 1.165) is 49.3 Å². The second kappa shape index (κ2) is 7.89. The highest BCUT2D eigenvalue weighted by atomic mass is 16.5. The molecule has 1 aliphatic rings. The summed E-state index contributed by atoms with van der Waals surface area (Å²) in [5.74, 6) is 0.964. The zero-order chi connectivity index (χ0) is 17.8. The lowest BCUT2D eigenvalue weighted by Gasteiger charge is -2.35. The zero-order valence-electron chi connectivity index (χ0n) is 15.0. The number of ether oxygens (including phenoxy) is 1. The van der Waals surface area contributed by atoms with E-state index in [1.54, 1.807) is 7.11 Å². The van der Waals surface area contributed by atoms with Crippen LogP contribution in [0.3, 0.4) is 0 Å². The molecule has 25 heavy (non-hydrogen) atoms. The SMILES string of the molecule is CCC(O)CN1CCN(C(=O)Cn2ccc3cc(OC)ccc32)CC1. The fourth-order valence-corrected chi connectivity index (χ4v) is 3.30. The molecule has 1 N–H and O–H groups in total. The number of nitrogens with zero attached hydrogens (tertiary/aromatic N) is 3. The summed E-state index contributed by atoms with van der Waals surface area (Å²) in [6.07, 6.45) is 2.45. The quantitative estimate of drug-likeness (QED) is 0.863. The molecule has 0 saturated carbocycles. The maximum Gasteiger partial charge on any atom is 0.242 e. The van der Waals surface area contributed by atoms with E-state index in [1.807, 2.05) is 46.9 Å². The molecule has 1 aromatic heterocycles. The monoisotopic (exact) mass is 345 g/mol. The van der Waals surface area contributed by atoms with Gasteiger partial charge in [-0.15, -0.1) is 0 Å². The van der Waals surface area contributed by atoms with Crippen molar-refractivity contribution in [2.75, 3.05) is 39.8 Å². The maximum atomic E-state index is 12.6.